The Morgan fingerprint density at radius 1 is 1.16 bits per heavy atom. The van der Waals surface area contributed by atoms with Gasteiger partial charge in [0.1, 0.15) is 0 Å². The normalized spacial score (nSPS) is 12.5. The van der Waals surface area contributed by atoms with E-state index in [1.54, 1.807) is 55.5 Å². The molecule has 0 aliphatic rings. The number of aryl methyl sites for hydroxylation is 2. The third-order valence-corrected chi connectivity index (χ3v) is 5.95. The van der Waals surface area contributed by atoms with E-state index in [1.165, 1.54) is 3.97 Å². The van der Waals surface area contributed by atoms with Gasteiger partial charge in [0.2, 0.25) is 0 Å². The van der Waals surface area contributed by atoms with Crippen LogP contribution in [0.1, 0.15) is 22.9 Å². The van der Waals surface area contributed by atoms with Crippen molar-refractivity contribution in [2.24, 2.45) is 0 Å². The fourth-order valence-electron chi connectivity index (χ4n) is 2.90. The third-order valence-electron chi connectivity index (χ3n) is 4.11. The summed E-state index contributed by atoms with van der Waals surface area (Å²) in [6, 6.07) is 14.4. The quantitative estimate of drug-likeness (QED) is 0.672. The van der Waals surface area contributed by atoms with Crippen LogP contribution in [0.3, 0.4) is 0 Å². The van der Waals surface area contributed by atoms with Crippen LogP contribution in [-0.2, 0) is 10.0 Å². The number of aromatic nitrogens is 1. The third kappa shape index (κ3) is 2.67. The van der Waals surface area contributed by atoms with Crippen molar-refractivity contribution < 1.29 is 8.42 Å². The largest absolute Gasteiger partial charge is 0.333 e. The van der Waals surface area contributed by atoms with Crippen LogP contribution in [0.25, 0.3) is 15.7 Å². The van der Waals surface area contributed by atoms with Gasteiger partial charge < -0.3 is 0 Å². The molecule has 0 radical (unpaired) electrons. The van der Waals surface area contributed by atoms with Crippen molar-refractivity contribution in [1.29, 1.82) is 5.26 Å². The molecule has 1 aromatic heterocycles. The molecule has 124 valence electrons. The molecule has 1 unspecified atom stereocenters. The minimum Gasteiger partial charge on any atom is -0.292 e. The van der Waals surface area contributed by atoms with Crippen LogP contribution in [-0.4, -0.2) is 12.4 Å². The highest BCUT2D eigenvalue weighted by Gasteiger charge is 2.25. The van der Waals surface area contributed by atoms with Gasteiger partial charge in [-0.1, -0.05) is 23.8 Å². The first-order chi connectivity index (χ1) is 11.9. The van der Waals surface area contributed by atoms with E-state index in [2.05, 4.69) is 4.85 Å². The Labute approximate surface area is 146 Å². The number of nitriles is 1. The Bertz CT molecular complexity index is 1130. The minimum absolute atomic E-state index is 0.200. The molecule has 0 bridgehead atoms. The molecule has 6 heteroatoms. The van der Waals surface area contributed by atoms with Crippen LogP contribution in [0.5, 0.6) is 0 Å². The molecule has 1 heterocycles. The van der Waals surface area contributed by atoms with Crippen molar-refractivity contribution in [2.75, 3.05) is 0 Å². The predicted molar refractivity (Wildman–Crippen MR) is 95.4 cm³/mol. The van der Waals surface area contributed by atoms with Gasteiger partial charge in [-0.15, -0.1) is 0 Å². The Kier molecular flexibility index (Phi) is 4.08. The fraction of sp³-hybridized carbons (Fsp3) is 0.158. The van der Waals surface area contributed by atoms with Gasteiger partial charge in [-0.2, -0.15) is 5.26 Å². The zero-order chi connectivity index (χ0) is 18.2. The second-order valence-electron chi connectivity index (χ2n) is 5.81. The molecule has 0 saturated carbocycles. The molecule has 0 saturated heterocycles. The summed E-state index contributed by atoms with van der Waals surface area (Å²) >= 11 is 0. The highest BCUT2D eigenvalue weighted by molar-refractivity contribution is 7.90. The lowest BCUT2D eigenvalue weighted by molar-refractivity contribution is 0.588. The maximum absolute atomic E-state index is 13.1. The summed E-state index contributed by atoms with van der Waals surface area (Å²) in [5.74, 6) is 0. The molecule has 0 spiro atoms. The van der Waals surface area contributed by atoms with Gasteiger partial charge in [-0.05, 0) is 44.2 Å². The lowest BCUT2D eigenvalue weighted by Crippen LogP contribution is -2.14. The molecular formula is C19H15N3O2S. The molecule has 1 atom stereocenters. The van der Waals surface area contributed by atoms with Crippen molar-refractivity contribution in [3.63, 3.8) is 0 Å². The van der Waals surface area contributed by atoms with Crippen LogP contribution in [0.15, 0.2) is 53.4 Å². The fourth-order valence-corrected chi connectivity index (χ4v) is 4.44. The molecule has 3 aromatic rings. The first kappa shape index (κ1) is 16.8. The maximum atomic E-state index is 13.1. The van der Waals surface area contributed by atoms with E-state index >= 15 is 0 Å². The van der Waals surface area contributed by atoms with Crippen LogP contribution < -0.4 is 0 Å². The molecule has 0 aliphatic carbocycles. The topological polar surface area (TPSA) is 67.2 Å². The zero-order valence-electron chi connectivity index (χ0n) is 13.8. The van der Waals surface area contributed by atoms with Crippen LogP contribution >= 0.6 is 0 Å². The van der Waals surface area contributed by atoms with Gasteiger partial charge in [0.25, 0.3) is 10.0 Å². The summed E-state index contributed by atoms with van der Waals surface area (Å²) in [6.45, 7) is 10.8. The highest BCUT2D eigenvalue weighted by atomic mass is 32.2. The number of nitrogens with zero attached hydrogens (tertiary/aromatic N) is 3. The van der Waals surface area contributed by atoms with E-state index < -0.39 is 16.1 Å². The van der Waals surface area contributed by atoms with Crippen LogP contribution in [0.2, 0.25) is 0 Å². The predicted octanol–water partition coefficient (Wildman–Crippen LogP) is 3.98. The Morgan fingerprint density at radius 2 is 1.84 bits per heavy atom. The first-order valence-electron chi connectivity index (χ1n) is 7.59. The van der Waals surface area contributed by atoms with Gasteiger partial charge in [0.05, 0.1) is 16.0 Å². The summed E-state index contributed by atoms with van der Waals surface area (Å²) < 4.78 is 27.5. The van der Waals surface area contributed by atoms with Crippen molar-refractivity contribution in [2.45, 2.75) is 24.8 Å². The van der Waals surface area contributed by atoms with Gasteiger partial charge in [-0.25, -0.2) is 19.0 Å². The molecule has 5 nitrogen and oxygen atoms in total. The molecule has 0 N–H and O–H groups in total. The smallest absolute Gasteiger partial charge is 0.292 e. The average Bonchev–Trinajstić information content (AvgIpc) is 2.93. The number of benzene rings is 2. The second kappa shape index (κ2) is 6.08. The lowest BCUT2D eigenvalue weighted by Gasteiger charge is -2.10. The summed E-state index contributed by atoms with van der Waals surface area (Å²) in [4.78, 5) is 3.53. The van der Waals surface area contributed by atoms with Gasteiger partial charge in [0.15, 0.2) is 6.07 Å². The standard InChI is InChI=1S/C19H15N3O2S/c1-13-7-9-15(10-8-13)25(23,24)22-14(2)11-17-16(18(12-20)21-3)5-4-6-19(17)22/h4-11,18H,1-2H3. The van der Waals surface area contributed by atoms with Gasteiger partial charge >= 0.3 is 6.04 Å². The maximum Gasteiger partial charge on any atom is 0.333 e. The zero-order valence-corrected chi connectivity index (χ0v) is 14.6. The number of fused-ring (bicyclic) bond motifs is 1. The summed E-state index contributed by atoms with van der Waals surface area (Å²) in [6.07, 6.45) is 0. The van der Waals surface area contributed by atoms with Crippen molar-refractivity contribution in [1.82, 2.24) is 3.97 Å². The minimum atomic E-state index is -3.77. The van der Waals surface area contributed by atoms with E-state index in [4.69, 9.17) is 6.57 Å². The molecule has 2 aromatic carbocycles. The molecule has 0 aliphatic heterocycles. The van der Waals surface area contributed by atoms with Gasteiger partial charge in [0, 0.05) is 11.1 Å². The van der Waals surface area contributed by atoms with E-state index in [-0.39, 0.29) is 4.90 Å². The lowest BCUT2D eigenvalue weighted by atomic mass is 10.0. The average molecular weight is 349 g/mol. The monoisotopic (exact) mass is 349 g/mol. The number of hydrogen-bond acceptors (Lipinski definition) is 3. The summed E-state index contributed by atoms with van der Waals surface area (Å²) in [7, 11) is -3.77. The van der Waals surface area contributed by atoms with Gasteiger partial charge in [-0.3, -0.25) is 4.85 Å². The second-order valence-corrected chi connectivity index (χ2v) is 7.60. The Balaban J connectivity index is 2.30. The molecule has 0 amide bonds. The van der Waals surface area contributed by atoms with E-state index in [9.17, 15) is 13.7 Å². The first-order valence-corrected chi connectivity index (χ1v) is 9.03. The Morgan fingerprint density at radius 3 is 2.44 bits per heavy atom. The molecule has 3 rings (SSSR count). The molecular weight excluding hydrogens is 334 g/mol. The highest BCUT2D eigenvalue weighted by Crippen LogP contribution is 2.31. The van der Waals surface area contributed by atoms with E-state index in [0.29, 0.717) is 22.2 Å². The van der Waals surface area contributed by atoms with Crippen LogP contribution in [0.4, 0.5) is 0 Å². The SMILES string of the molecule is [C-]#[N+]C(C#N)c1cccc2c1cc(C)n2S(=O)(=O)c1ccc(C)cc1. The molecule has 25 heavy (non-hydrogen) atoms. The van der Waals surface area contributed by atoms with Crippen molar-refractivity contribution >= 4 is 20.9 Å². The van der Waals surface area contributed by atoms with Crippen molar-refractivity contribution in [3.05, 3.63) is 76.8 Å². The van der Waals surface area contributed by atoms with Crippen molar-refractivity contribution in [3.8, 4) is 6.07 Å². The number of hydrogen-bond donors (Lipinski definition) is 0. The molecule has 0 fully saturated rings. The Hall–Kier alpha value is -3.09. The van der Waals surface area contributed by atoms with Crippen LogP contribution in [0, 0.1) is 31.8 Å². The summed E-state index contributed by atoms with van der Waals surface area (Å²) in [5.41, 5.74) is 2.50. The van der Waals surface area contributed by atoms with E-state index in [1.807, 2.05) is 13.0 Å². The number of rotatable bonds is 3. The van der Waals surface area contributed by atoms with E-state index in [0.717, 1.165) is 5.56 Å². The summed E-state index contributed by atoms with van der Waals surface area (Å²) in [5, 5.41) is 9.80.